The van der Waals surface area contributed by atoms with Crippen LogP contribution in [0.2, 0.25) is 0 Å². The Hall–Kier alpha value is -4.15. The van der Waals surface area contributed by atoms with Crippen LogP contribution in [-0.2, 0) is 32.3 Å². The largest absolute Gasteiger partial charge is 0.481 e. The molecule has 0 amide bonds. The predicted octanol–water partition coefficient (Wildman–Crippen LogP) is 4.64. The Labute approximate surface area is 260 Å². The number of halogens is 4. The molecule has 244 valence electrons. The van der Waals surface area contributed by atoms with Crippen LogP contribution in [0.1, 0.15) is 58.8 Å². The second-order valence-electron chi connectivity index (χ2n) is 11.6. The monoisotopic (exact) mass is 663 g/mol. The Balaban J connectivity index is 1.42. The molecule has 4 aromatic rings. The number of aryl methyl sites for hydroxylation is 2. The predicted molar refractivity (Wildman–Crippen MR) is 153 cm³/mol. The van der Waals surface area contributed by atoms with Crippen molar-refractivity contribution in [3.05, 3.63) is 82.2 Å². The zero-order chi connectivity index (χ0) is 33.0. The summed E-state index contributed by atoms with van der Waals surface area (Å²) in [5.41, 5.74) is 1.46. The summed E-state index contributed by atoms with van der Waals surface area (Å²) in [4.78, 5) is 15.6. The van der Waals surface area contributed by atoms with Crippen molar-refractivity contribution in [2.24, 2.45) is 0 Å². The first-order valence-electron chi connectivity index (χ1n) is 14.3. The second-order valence-corrected chi connectivity index (χ2v) is 13.5. The van der Waals surface area contributed by atoms with Gasteiger partial charge in [0.2, 0.25) is 21.7 Å². The first kappa shape index (κ1) is 31.8. The number of sulfonamides is 1. The van der Waals surface area contributed by atoms with Gasteiger partial charge in [-0.05, 0) is 47.7 Å². The van der Waals surface area contributed by atoms with E-state index in [0.29, 0.717) is 53.9 Å². The molecule has 1 N–H and O–H groups in total. The first-order valence-corrected chi connectivity index (χ1v) is 15.8. The maximum atomic E-state index is 14.3. The fourth-order valence-electron chi connectivity index (χ4n) is 6.12. The highest BCUT2D eigenvalue weighted by atomic mass is 32.2. The van der Waals surface area contributed by atoms with E-state index in [1.165, 1.54) is 10.4 Å². The lowest BCUT2D eigenvalue weighted by Crippen LogP contribution is -2.50. The molecule has 1 aromatic carbocycles. The van der Waals surface area contributed by atoms with E-state index in [4.69, 9.17) is 9.47 Å². The van der Waals surface area contributed by atoms with Crippen molar-refractivity contribution in [3.8, 4) is 5.88 Å². The van der Waals surface area contributed by atoms with Gasteiger partial charge < -0.3 is 14.6 Å². The molecule has 1 saturated heterocycles. The van der Waals surface area contributed by atoms with Crippen molar-refractivity contribution in [1.29, 1.82) is 0 Å². The highest BCUT2D eigenvalue weighted by Gasteiger charge is 2.46. The number of fused-ring (bicyclic) bond motifs is 2. The average molecular weight is 664 g/mol. The molecule has 6 rings (SSSR count). The lowest BCUT2D eigenvalue weighted by molar-refractivity contribution is -0.145. The van der Waals surface area contributed by atoms with E-state index < -0.39 is 56.6 Å². The number of alkyl halides is 3. The van der Waals surface area contributed by atoms with Crippen molar-refractivity contribution in [2.75, 3.05) is 19.8 Å². The quantitative estimate of drug-likeness (QED) is 0.293. The van der Waals surface area contributed by atoms with Crippen LogP contribution in [0.5, 0.6) is 5.88 Å². The third kappa shape index (κ3) is 5.80. The van der Waals surface area contributed by atoms with Crippen molar-refractivity contribution < 1.29 is 45.4 Å². The number of aromatic nitrogens is 4. The normalized spacial score (nSPS) is 18.6. The molecule has 16 heteroatoms. The van der Waals surface area contributed by atoms with E-state index >= 15 is 0 Å². The number of carboxylic acids is 1. The number of carboxylic acid groups (broad SMARTS) is 1. The molecule has 2 aliphatic heterocycles. The van der Waals surface area contributed by atoms with Gasteiger partial charge in [-0.15, -0.1) is 10.2 Å². The van der Waals surface area contributed by atoms with Crippen LogP contribution in [0.4, 0.5) is 17.6 Å². The van der Waals surface area contributed by atoms with Crippen LogP contribution in [0.25, 0.3) is 5.65 Å². The lowest BCUT2D eigenvalue weighted by Gasteiger charge is -2.38. The van der Waals surface area contributed by atoms with Crippen LogP contribution in [0.3, 0.4) is 0 Å². The van der Waals surface area contributed by atoms with Gasteiger partial charge in [0.25, 0.3) is 0 Å². The van der Waals surface area contributed by atoms with E-state index in [-0.39, 0.29) is 24.6 Å². The van der Waals surface area contributed by atoms with Gasteiger partial charge in [-0.2, -0.15) is 17.5 Å². The molecule has 5 heterocycles. The van der Waals surface area contributed by atoms with E-state index in [9.17, 15) is 35.9 Å². The molecule has 0 radical (unpaired) electrons. The number of pyridine rings is 2. The van der Waals surface area contributed by atoms with E-state index in [2.05, 4.69) is 15.2 Å². The van der Waals surface area contributed by atoms with E-state index in [0.717, 1.165) is 22.9 Å². The number of rotatable bonds is 6. The molecule has 0 saturated carbocycles. The molecule has 0 bridgehead atoms. The molecule has 46 heavy (non-hydrogen) atoms. The Bertz CT molecular complexity index is 1940. The van der Waals surface area contributed by atoms with Gasteiger partial charge in [0.05, 0.1) is 32.4 Å². The average Bonchev–Trinajstić information content (AvgIpc) is 3.42. The molecule has 0 aliphatic carbocycles. The summed E-state index contributed by atoms with van der Waals surface area (Å²) < 4.78 is 96.4. The Morgan fingerprint density at radius 3 is 2.57 bits per heavy atom. The minimum atomic E-state index is -4.75. The number of aliphatic carboxylic acids is 1. The number of ether oxygens (including phenoxy) is 2. The van der Waals surface area contributed by atoms with Gasteiger partial charge in [-0.25, -0.2) is 17.8 Å². The molecular formula is C30H29F4N5O6S. The fraction of sp³-hybridized carbons (Fsp3) is 0.400. The summed E-state index contributed by atoms with van der Waals surface area (Å²) in [5.74, 6) is -4.20. The van der Waals surface area contributed by atoms with Crippen LogP contribution < -0.4 is 4.74 Å². The van der Waals surface area contributed by atoms with Crippen molar-refractivity contribution in [3.63, 3.8) is 0 Å². The number of hydrogen-bond donors (Lipinski definition) is 1. The molecule has 1 atom stereocenters. The highest BCUT2D eigenvalue weighted by molar-refractivity contribution is 7.89. The Kier molecular flexibility index (Phi) is 8.01. The number of carbonyl (C=O) groups is 1. The lowest BCUT2D eigenvalue weighted by atomic mass is 9.85. The van der Waals surface area contributed by atoms with Gasteiger partial charge in [-0.1, -0.05) is 18.2 Å². The van der Waals surface area contributed by atoms with Crippen molar-refractivity contribution in [1.82, 2.24) is 23.9 Å². The molecule has 3 aromatic heterocycles. The van der Waals surface area contributed by atoms with E-state index in [1.807, 2.05) is 0 Å². The summed E-state index contributed by atoms with van der Waals surface area (Å²) in [6.07, 6.45) is -2.35. The Morgan fingerprint density at radius 1 is 1.13 bits per heavy atom. The third-order valence-electron chi connectivity index (χ3n) is 8.58. The second kappa shape index (κ2) is 11.6. The zero-order valence-electron chi connectivity index (χ0n) is 24.7. The van der Waals surface area contributed by atoms with Crippen LogP contribution in [0.15, 0.2) is 47.6 Å². The summed E-state index contributed by atoms with van der Waals surface area (Å²) in [6.45, 7) is 3.76. The van der Waals surface area contributed by atoms with E-state index in [1.54, 1.807) is 32.0 Å². The minimum Gasteiger partial charge on any atom is -0.481 e. The fourth-order valence-corrected chi connectivity index (χ4v) is 7.68. The van der Waals surface area contributed by atoms with Crippen LogP contribution >= 0.6 is 0 Å². The number of hydrogen-bond acceptors (Lipinski definition) is 8. The zero-order valence-corrected chi connectivity index (χ0v) is 25.5. The highest BCUT2D eigenvalue weighted by Crippen LogP contribution is 2.40. The topological polar surface area (TPSA) is 136 Å². The number of benzene rings is 1. The standard InChI is InChI=1S/C30H29F4N5O6S/c1-17-3-4-19(23(13-25(40)41)22-5-8-39-26(18(22)2)36-37-28(39)30(32,33)34)11-20(17)15-38-16-29(6-9-44-10-7-29)45-27-24(46(38,42)43)12-21(31)14-35-27/h3-5,8,11-12,14,23H,6-7,9-10,13,15-16H2,1-2H3,(H,40,41)/t23-/m0/s1. The molecule has 1 fully saturated rings. The maximum Gasteiger partial charge on any atom is 0.452 e. The van der Waals surface area contributed by atoms with Crippen molar-refractivity contribution >= 4 is 21.6 Å². The molecular weight excluding hydrogens is 634 g/mol. The van der Waals surface area contributed by atoms with Gasteiger partial charge in [0.15, 0.2) is 5.65 Å². The third-order valence-corrected chi connectivity index (χ3v) is 10.4. The Morgan fingerprint density at radius 2 is 1.87 bits per heavy atom. The summed E-state index contributed by atoms with van der Waals surface area (Å²) >= 11 is 0. The molecule has 1 spiro atoms. The smallest absolute Gasteiger partial charge is 0.452 e. The molecule has 2 aliphatic rings. The summed E-state index contributed by atoms with van der Waals surface area (Å²) in [7, 11) is -4.32. The minimum absolute atomic E-state index is 0.0653. The number of nitrogens with zero attached hydrogens (tertiary/aromatic N) is 5. The maximum absolute atomic E-state index is 14.3. The van der Waals surface area contributed by atoms with Gasteiger partial charge >= 0.3 is 12.1 Å². The van der Waals surface area contributed by atoms with Crippen LogP contribution in [-0.4, -0.2) is 68.7 Å². The molecule has 11 nitrogen and oxygen atoms in total. The first-order chi connectivity index (χ1) is 21.7. The summed E-state index contributed by atoms with van der Waals surface area (Å²) in [5, 5.41) is 16.8. The SMILES string of the molecule is Cc1ccc([C@H](CC(=O)O)c2ccn3c(C(F)(F)F)nnc3c2C)cc1CN1CC2(CCOCC2)Oc2ncc(F)cc2S1(=O)=O. The van der Waals surface area contributed by atoms with Gasteiger partial charge in [-0.3, -0.25) is 9.20 Å². The summed E-state index contributed by atoms with van der Waals surface area (Å²) in [6, 6.07) is 7.42. The van der Waals surface area contributed by atoms with Crippen LogP contribution in [0, 0.1) is 19.7 Å². The van der Waals surface area contributed by atoms with Gasteiger partial charge in [0, 0.05) is 37.6 Å². The van der Waals surface area contributed by atoms with Gasteiger partial charge in [0.1, 0.15) is 16.3 Å². The molecule has 0 unspecified atom stereocenters. The van der Waals surface area contributed by atoms with Crippen molar-refractivity contribution in [2.45, 2.75) is 62.2 Å².